The van der Waals surface area contributed by atoms with E-state index in [0.717, 1.165) is 31.8 Å². The molecule has 0 saturated heterocycles. The van der Waals surface area contributed by atoms with Gasteiger partial charge in [-0.15, -0.1) is 35.3 Å². The van der Waals surface area contributed by atoms with Crippen molar-refractivity contribution in [1.29, 1.82) is 0 Å². The van der Waals surface area contributed by atoms with E-state index in [4.69, 9.17) is 0 Å². The van der Waals surface area contributed by atoms with Crippen molar-refractivity contribution < 1.29 is 4.79 Å². The van der Waals surface area contributed by atoms with Crippen molar-refractivity contribution in [2.24, 2.45) is 4.99 Å². The average molecular weight is 478 g/mol. The summed E-state index contributed by atoms with van der Waals surface area (Å²) in [6, 6.07) is 4.71. The quantitative estimate of drug-likeness (QED) is 0.320. The standard InChI is InChI=1S/C18H30N4OS.HI/c1-3-15-9-10-16(24-15)13-21-18(19-2)20-12-11-17(23)22-14-7-5-4-6-8-14;/h9-10,14H,3-8,11-13H2,1-2H3,(H,22,23)(H2,19,20,21);1H. The van der Waals surface area contributed by atoms with Crippen molar-refractivity contribution >= 4 is 47.2 Å². The van der Waals surface area contributed by atoms with Crippen LogP contribution < -0.4 is 16.0 Å². The molecule has 0 aromatic carbocycles. The summed E-state index contributed by atoms with van der Waals surface area (Å²) >= 11 is 1.82. The number of carbonyl (C=O) groups excluding carboxylic acids is 1. The summed E-state index contributed by atoms with van der Waals surface area (Å²) in [5, 5.41) is 9.65. The Morgan fingerprint density at radius 3 is 2.56 bits per heavy atom. The molecule has 0 atom stereocenters. The van der Waals surface area contributed by atoms with Crippen molar-refractivity contribution in [3.05, 3.63) is 21.9 Å². The van der Waals surface area contributed by atoms with Crippen LogP contribution in [0.4, 0.5) is 0 Å². The van der Waals surface area contributed by atoms with Crippen LogP contribution in [0.25, 0.3) is 0 Å². The molecule has 5 nitrogen and oxygen atoms in total. The lowest BCUT2D eigenvalue weighted by Crippen LogP contribution is -2.41. The van der Waals surface area contributed by atoms with Crippen LogP contribution in [0.15, 0.2) is 17.1 Å². The number of halogens is 1. The number of nitrogens with one attached hydrogen (secondary N) is 3. The summed E-state index contributed by atoms with van der Waals surface area (Å²) in [4.78, 5) is 18.9. The highest BCUT2D eigenvalue weighted by molar-refractivity contribution is 14.0. The van der Waals surface area contributed by atoms with Crippen LogP contribution >= 0.6 is 35.3 Å². The first-order valence-electron chi connectivity index (χ1n) is 9.02. The van der Waals surface area contributed by atoms with Gasteiger partial charge in [0, 0.05) is 35.8 Å². The Hall–Kier alpha value is -0.830. The number of nitrogens with zero attached hydrogens (tertiary/aromatic N) is 1. The Labute approximate surface area is 172 Å². The van der Waals surface area contributed by atoms with Crippen LogP contribution in [0.5, 0.6) is 0 Å². The fraction of sp³-hybridized carbons (Fsp3) is 0.667. The monoisotopic (exact) mass is 478 g/mol. The largest absolute Gasteiger partial charge is 0.356 e. The van der Waals surface area contributed by atoms with Gasteiger partial charge in [0.05, 0.1) is 6.54 Å². The van der Waals surface area contributed by atoms with Gasteiger partial charge in [-0.25, -0.2) is 0 Å². The van der Waals surface area contributed by atoms with Gasteiger partial charge >= 0.3 is 0 Å². The van der Waals surface area contributed by atoms with Gasteiger partial charge in [0.25, 0.3) is 0 Å². The second-order valence-corrected chi connectivity index (χ2v) is 7.48. The van der Waals surface area contributed by atoms with E-state index in [9.17, 15) is 4.79 Å². The highest BCUT2D eigenvalue weighted by Gasteiger charge is 2.15. The molecule has 1 amide bonds. The summed E-state index contributed by atoms with van der Waals surface area (Å²) in [5.74, 6) is 0.877. The minimum absolute atomic E-state index is 0. The SMILES string of the molecule is CCc1ccc(CNC(=NC)NCCC(=O)NC2CCCCC2)s1.I. The third kappa shape index (κ3) is 8.40. The molecule has 0 radical (unpaired) electrons. The predicted octanol–water partition coefficient (Wildman–Crippen LogP) is 3.43. The molecule has 1 aromatic rings. The van der Waals surface area contributed by atoms with E-state index in [1.807, 2.05) is 11.3 Å². The van der Waals surface area contributed by atoms with Gasteiger partial charge in [0.1, 0.15) is 0 Å². The van der Waals surface area contributed by atoms with E-state index in [1.165, 1.54) is 29.0 Å². The topological polar surface area (TPSA) is 65.5 Å². The predicted molar refractivity (Wildman–Crippen MR) is 117 cm³/mol. The van der Waals surface area contributed by atoms with Gasteiger partial charge in [-0.1, -0.05) is 26.2 Å². The molecule has 142 valence electrons. The van der Waals surface area contributed by atoms with Crippen molar-refractivity contribution in [2.75, 3.05) is 13.6 Å². The number of thiophene rings is 1. The van der Waals surface area contributed by atoms with Crippen molar-refractivity contribution in [2.45, 2.75) is 64.5 Å². The molecule has 0 unspecified atom stereocenters. The first kappa shape index (κ1) is 22.2. The third-order valence-electron chi connectivity index (χ3n) is 4.33. The Morgan fingerprint density at radius 2 is 1.92 bits per heavy atom. The van der Waals surface area contributed by atoms with Gasteiger partial charge in [-0.2, -0.15) is 0 Å². The highest BCUT2D eigenvalue weighted by atomic mass is 127. The molecule has 1 aromatic heterocycles. The zero-order valence-corrected chi connectivity index (χ0v) is 18.4. The fourth-order valence-electron chi connectivity index (χ4n) is 2.94. The molecule has 3 N–H and O–H groups in total. The minimum Gasteiger partial charge on any atom is -0.356 e. The van der Waals surface area contributed by atoms with Crippen molar-refractivity contribution in [3.63, 3.8) is 0 Å². The van der Waals surface area contributed by atoms with Crippen LogP contribution in [0.2, 0.25) is 0 Å². The summed E-state index contributed by atoms with van der Waals surface area (Å²) in [6.07, 6.45) is 7.60. The summed E-state index contributed by atoms with van der Waals surface area (Å²) in [6.45, 7) is 3.53. The van der Waals surface area contributed by atoms with E-state index < -0.39 is 0 Å². The lowest BCUT2D eigenvalue weighted by Gasteiger charge is -2.22. The van der Waals surface area contributed by atoms with Gasteiger partial charge in [0.15, 0.2) is 5.96 Å². The maximum atomic E-state index is 12.0. The van der Waals surface area contributed by atoms with E-state index in [-0.39, 0.29) is 29.9 Å². The van der Waals surface area contributed by atoms with Crippen LogP contribution in [0.3, 0.4) is 0 Å². The lowest BCUT2D eigenvalue weighted by molar-refractivity contribution is -0.121. The van der Waals surface area contributed by atoms with Crippen LogP contribution in [0.1, 0.15) is 55.2 Å². The second-order valence-electron chi connectivity index (χ2n) is 6.23. The summed E-state index contributed by atoms with van der Waals surface area (Å²) in [5.41, 5.74) is 0. The second kappa shape index (κ2) is 12.5. The molecule has 1 aliphatic carbocycles. The fourth-order valence-corrected chi connectivity index (χ4v) is 3.84. The molecule has 0 spiro atoms. The minimum atomic E-state index is 0. The zero-order valence-electron chi connectivity index (χ0n) is 15.3. The number of carbonyl (C=O) groups is 1. The Kier molecular flexibility index (Phi) is 11.1. The van der Waals surface area contributed by atoms with Crippen LogP contribution in [0, 0.1) is 0 Å². The summed E-state index contributed by atoms with van der Waals surface area (Å²) < 4.78 is 0. The van der Waals surface area contributed by atoms with Crippen LogP contribution in [-0.4, -0.2) is 31.5 Å². The lowest BCUT2D eigenvalue weighted by atomic mass is 9.95. The number of aliphatic imine (C=N–C) groups is 1. The maximum Gasteiger partial charge on any atom is 0.221 e. The Balaban J connectivity index is 0.00000312. The van der Waals surface area contributed by atoms with E-state index >= 15 is 0 Å². The summed E-state index contributed by atoms with van der Waals surface area (Å²) in [7, 11) is 1.75. The molecule has 1 fully saturated rings. The number of amides is 1. The molecule has 1 heterocycles. The molecular weight excluding hydrogens is 447 g/mol. The zero-order chi connectivity index (χ0) is 17.2. The molecule has 1 saturated carbocycles. The number of hydrogen-bond acceptors (Lipinski definition) is 3. The van der Waals surface area contributed by atoms with E-state index in [2.05, 4.69) is 40.0 Å². The van der Waals surface area contributed by atoms with Gasteiger partial charge < -0.3 is 16.0 Å². The molecular formula is C18H31IN4OS. The van der Waals surface area contributed by atoms with E-state index in [1.54, 1.807) is 7.05 Å². The normalized spacial score (nSPS) is 15.4. The first-order chi connectivity index (χ1) is 11.7. The Morgan fingerprint density at radius 1 is 1.20 bits per heavy atom. The van der Waals surface area contributed by atoms with Crippen molar-refractivity contribution in [3.8, 4) is 0 Å². The molecule has 2 rings (SSSR count). The van der Waals surface area contributed by atoms with Crippen molar-refractivity contribution in [1.82, 2.24) is 16.0 Å². The van der Waals surface area contributed by atoms with Gasteiger partial charge in [-0.05, 0) is 31.4 Å². The highest BCUT2D eigenvalue weighted by Crippen LogP contribution is 2.17. The maximum absolute atomic E-state index is 12.0. The van der Waals surface area contributed by atoms with E-state index in [0.29, 0.717) is 19.0 Å². The van der Waals surface area contributed by atoms with Crippen LogP contribution in [-0.2, 0) is 17.8 Å². The Bertz CT molecular complexity index is 541. The first-order valence-corrected chi connectivity index (χ1v) is 9.84. The average Bonchev–Trinajstić information content (AvgIpc) is 3.07. The smallest absolute Gasteiger partial charge is 0.221 e. The van der Waals surface area contributed by atoms with Gasteiger partial charge in [-0.3, -0.25) is 9.79 Å². The number of aryl methyl sites for hydroxylation is 1. The molecule has 25 heavy (non-hydrogen) atoms. The number of rotatable bonds is 7. The molecule has 1 aliphatic rings. The third-order valence-corrected chi connectivity index (χ3v) is 5.56. The molecule has 0 aliphatic heterocycles. The number of hydrogen-bond donors (Lipinski definition) is 3. The molecule has 0 bridgehead atoms. The molecule has 7 heteroatoms. The van der Waals surface area contributed by atoms with Gasteiger partial charge in [0.2, 0.25) is 5.91 Å². The number of guanidine groups is 1.